The number of aryl methyl sites for hydroxylation is 15. The van der Waals surface area contributed by atoms with E-state index in [0.29, 0.717) is 0 Å². The van der Waals surface area contributed by atoms with Gasteiger partial charge in [-0.15, -0.1) is 0 Å². The van der Waals surface area contributed by atoms with Gasteiger partial charge in [0.15, 0.2) is 0 Å². The molecule has 0 aliphatic heterocycles. The second-order valence-corrected chi connectivity index (χ2v) is 30.7. The molecule has 5 heteroatoms. The summed E-state index contributed by atoms with van der Waals surface area (Å²) in [5, 5.41) is 0. The molecule has 0 heterocycles. The standard InChI is InChI=1S/C23H32O.C22H30O.C21H28O.C20H26O.C19H24O/c1-5-6-7-8-17-24-23-16-15-22(19(3)20(23)4)14-13-21-11-9-18(2)10-12-21;1-5-6-7-16-23-22-15-14-21(18(3)19(22)4)13-12-20-10-8-17(2)9-11-20;1-5-6-15-22-21-14-13-20(17(3)18(21)4)12-11-19-9-7-16(2)8-10-19;1-5-14-21-20-13-12-19(16(3)17(20)4)11-10-18-8-6-15(2)7-9-18;1-5-20-19-13-12-18(15(3)16(19)4)11-10-17-8-6-14(2)7-9-17/h9-12,15-16H,5-8,13-14,17H2,1-4H3;8-11,14-15H,5-7,12-13,16H2,1-4H3;7-10,13-14H,5-6,11-12,15H2,1-4H3;6-9,12-13H,5,10-11,14H2,1-4H3;6-9,12-13H,5,10-11H2,1-4H3. The molecule has 0 amide bonds. The van der Waals surface area contributed by atoms with Gasteiger partial charge in [-0.3, -0.25) is 0 Å². The Labute approximate surface area is 669 Å². The van der Waals surface area contributed by atoms with Crippen molar-refractivity contribution >= 4 is 0 Å². The maximum absolute atomic E-state index is 6.00. The average molecular weight is 1480 g/mol. The summed E-state index contributed by atoms with van der Waals surface area (Å²) < 4.78 is 29.3. The summed E-state index contributed by atoms with van der Waals surface area (Å²) in [6.45, 7) is 47.4. The molecule has 0 aliphatic carbocycles. The fraction of sp³-hybridized carbons (Fsp3) is 0.429. The van der Waals surface area contributed by atoms with Crippen LogP contribution in [0.4, 0.5) is 0 Å². The number of rotatable bonds is 35. The predicted octanol–water partition coefficient (Wildman–Crippen LogP) is 27.9. The molecule has 5 nitrogen and oxygen atoms in total. The summed E-state index contributed by atoms with van der Waals surface area (Å²) in [4.78, 5) is 0. The van der Waals surface area contributed by atoms with Crippen molar-refractivity contribution in [3.05, 3.63) is 321 Å². The molecule has 0 atom stereocenters. The van der Waals surface area contributed by atoms with Crippen molar-refractivity contribution in [2.24, 2.45) is 0 Å². The Balaban J connectivity index is 0.000000215. The van der Waals surface area contributed by atoms with Gasteiger partial charge in [-0.25, -0.2) is 0 Å². The van der Waals surface area contributed by atoms with E-state index in [1.54, 1.807) is 0 Å². The number of ether oxygens (including phenoxy) is 5. The SMILES string of the molecule is CCCCCCOc1ccc(CCc2ccc(C)cc2)c(C)c1C.CCCCCOc1ccc(CCc2ccc(C)cc2)c(C)c1C.CCCCOc1ccc(CCc2ccc(C)cc2)c(C)c1C.CCCOc1ccc(CCc2ccc(C)cc2)c(C)c1C.CCOc1ccc(CCc2ccc(C)cc2)c(C)c1C. The topological polar surface area (TPSA) is 46.2 Å². The molecule has 10 rings (SSSR count). The molecule has 0 aromatic heterocycles. The number of hydrogen-bond acceptors (Lipinski definition) is 5. The van der Waals surface area contributed by atoms with Gasteiger partial charge < -0.3 is 23.7 Å². The van der Waals surface area contributed by atoms with Crippen LogP contribution in [-0.4, -0.2) is 33.0 Å². The first kappa shape index (κ1) is 90.1. The van der Waals surface area contributed by atoms with E-state index < -0.39 is 0 Å². The Morgan fingerprint density at radius 2 is 0.382 bits per heavy atom. The second kappa shape index (κ2) is 49.5. The highest BCUT2D eigenvalue weighted by Crippen LogP contribution is 2.31. The van der Waals surface area contributed by atoms with Crippen LogP contribution in [0, 0.1) is 104 Å². The number of hydrogen-bond donors (Lipinski definition) is 0. The monoisotopic (exact) mass is 1480 g/mol. The van der Waals surface area contributed by atoms with Gasteiger partial charge in [-0.2, -0.15) is 0 Å². The van der Waals surface area contributed by atoms with E-state index in [1.165, 1.54) is 178 Å². The van der Waals surface area contributed by atoms with Crippen LogP contribution in [0.15, 0.2) is 182 Å². The molecule has 10 aromatic carbocycles. The fourth-order valence-electron chi connectivity index (χ4n) is 13.5. The quantitative estimate of drug-likeness (QED) is 0.0371. The van der Waals surface area contributed by atoms with E-state index >= 15 is 0 Å². The normalized spacial score (nSPS) is 10.7. The lowest BCUT2D eigenvalue weighted by molar-refractivity contribution is 0.303. The third kappa shape index (κ3) is 30.8. The van der Waals surface area contributed by atoms with E-state index in [4.69, 9.17) is 23.7 Å². The molecular formula is C105H140O5. The lowest BCUT2D eigenvalue weighted by atomic mass is 9.96. The Kier molecular flexibility index (Phi) is 40.5. The molecule has 590 valence electrons. The van der Waals surface area contributed by atoms with E-state index in [0.717, 1.165) is 152 Å². The Morgan fingerprint density at radius 1 is 0.173 bits per heavy atom. The van der Waals surface area contributed by atoms with Crippen molar-refractivity contribution < 1.29 is 23.7 Å². The average Bonchev–Trinajstić information content (AvgIpc) is 0.860. The highest BCUT2D eigenvalue weighted by molar-refractivity contribution is 5.48. The van der Waals surface area contributed by atoms with E-state index in [2.05, 4.69) is 314 Å². The van der Waals surface area contributed by atoms with E-state index in [9.17, 15) is 0 Å². The minimum atomic E-state index is 0.725. The highest BCUT2D eigenvalue weighted by Gasteiger charge is 2.14. The van der Waals surface area contributed by atoms with Crippen LogP contribution >= 0.6 is 0 Å². The maximum Gasteiger partial charge on any atom is 0.122 e. The molecule has 0 N–H and O–H groups in total. The van der Waals surface area contributed by atoms with Crippen LogP contribution < -0.4 is 23.7 Å². The first-order chi connectivity index (χ1) is 53.1. The Bertz CT molecular complexity index is 4270. The van der Waals surface area contributed by atoms with Crippen molar-refractivity contribution in [1.29, 1.82) is 0 Å². The summed E-state index contributed by atoms with van der Waals surface area (Å²) in [5.41, 5.74) is 34.1. The van der Waals surface area contributed by atoms with Gasteiger partial charge in [-0.1, -0.05) is 246 Å². The molecule has 0 bridgehead atoms. The summed E-state index contributed by atoms with van der Waals surface area (Å²) >= 11 is 0. The zero-order valence-electron chi connectivity index (χ0n) is 72.0. The Hall–Kier alpha value is -8.80. The van der Waals surface area contributed by atoms with Gasteiger partial charge in [0.1, 0.15) is 28.7 Å². The van der Waals surface area contributed by atoms with Gasteiger partial charge in [0.25, 0.3) is 0 Å². The summed E-state index contributed by atoms with van der Waals surface area (Å²) in [5.74, 6) is 5.21. The van der Waals surface area contributed by atoms with Crippen molar-refractivity contribution in [1.82, 2.24) is 0 Å². The van der Waals surface area contributed by atoms with Crippen LogP contribution in [0.2, 0.25) is 0 Å². The highest BCUT2D eigenvalue weighted by atomic mass is 16.5. The summed E-state index contributed by atoms with van der Waals surface area (Å²) in [7, 11) is 0. The van der Waals surface area contributed by atoms with Gasteiger partial charge in [0.2, 0.25) is 0 Å². The van der Waals surface area contributed by atoms with Gasteiger partial charge >= 0.3 is 0 Å². The van der Waals surface area contributed by atoms with Crippen molar-refractivity contribution in [3.8, 4) is 28.7 Å². The number of unbranched alkanes of at least 4 members (excludes halogenated alkanes) is 6. The minimum absolute atomic E-state index is 0.725. The van der Waals surface area contributed by atoms with Crippen LogP contribution in [0.25, 0.3) is 0 Å². The molecule has 10 aromatic rings. The molecule has 110 heavy (non-hydrogen) atoms. The first-order valence-corrected chi connectivity index (χ1v) is 41.9. The zero-order valence-corrected chi connectivity index (χ0v) is 72.0. The van der Waals surface area contributed by atoms with Crippen molar-refractivity contribution in [3.63, 3.8) is 0 Å². The zero-order chi connectivity index (χ0) is 79.7. The molecule has 0 spiro atoms. The van der Waals surface area contributed by atoms with Crippen LogP contribution in [-0.2, 0) is 64.2 Å². The largest absolute Gasteiger partial charge is 0.494 e. The summed E-state index contributed by atoms with van der Waals surface area (Å²) in [6, 6.07) is 66.1. The van der Waals surface area contributed by atoms with Crippen LogP contribution in [0.3, 0.4) is 0 Å². The van der Waals surface area contributed by atoms with E-state index in [-0.39, 0.29) is 0 Å². The summed E-state index contributed by atoms with van der Waals surface area (Å²) in [6.07, 6.45) is 22.9. The smallest absolute Gasteiger partial charge is 0.122 e. The maximum atomic E-state index is 6.00. The number of benzene rings is 10. The molecular weight excluding hydrogens is 1340 g/mol. The fourth-order valence-corrected chi connectivity index (χ4v) is 13.5. The third-order valence-corrected chi connectivity index (χ3v) is 22.0. The molecule has 0 aliphatic rings. The van der Waals surface area contributed by atoms with Crippen LogP contribution in [0.1, 0.15) is 238 Å². The Morgan fingerprint density at radius 3 is 0.609 bits per heavy atom. The second-order valence-electron chi connectivity index (χ2n) is 30.7. The van der Waals surface area contributed by atoms with Crippen LogP contribution in [0.5, 0.6) is 28.7 Å². The van der Waals surface area contributed by atoms with Gasteiger partial charge in [0.05, 0.1) is 33.0 Å². The molecule has 0 fully saturated rings. The first-order valence-electron chi connectivity index (χ1n) is 41.9. The predicted molar refractivity (Wildman–Crippen MR) is 475 cm³/mol. The molecule has 0 radical (unpaired) electrons. The van der Waals surface area contributed by atoms with Gasteiger partial charge in [-0.05, 0) is 342 Å². The third-order valence-electron chi connectivity index (χ3n) is 22.0. The van der Waals surface area contributed by atoms with Gasteiger partial charge in [0, 0.05) is 0 Å². The molecule has 0 saturated heterocycles. The van der Waals surface area contributed by atoms with Crippen molar-refractivity contribution in [2.45, 2.75) is 267 Å². The lowest BCUT2D eigenvalue weighted by Crippen LogP contribution is -2.02. The minimum Gasteiger partial charge on any atom is -0.494 e. The van der Waals surface area contributed by atoms with Crippen molar-refractivity contribution in [2.75, 3.05) is 33.0 Å². The lowest BCUT2D eigenvalue weighted by Gasteiger charge is -2.15. The van der Waals surface area contributed by atoms with E-state index in [1.807, 2.05) is 6.92 Å². The molecule has 0 unspecified atom stereocenters. The molecule has 0 saturated carbocycles.